The molecule has 1 N–H and O–H groups in total. The number of nitrogens with one attached hydrogen (secondary N) is 1. The summed E-state index contributed by atoms with van der Waals surface area (Å²) in [6, 6.07) is 10.6. The van der Waals surface area contributed by atoms with E-state index < -0.39 is 16.9 Å². The van der Waals surface area contributed by atoms with E-state index in [0.717, 1.165) is 0 Å². The first kappa shape index (κ1) is 21.4. The van der Waals surface area contributed by atoms with Gasteiger partial charge in [0.2, 0.25) is 11.8 Å². The summed E-state index contributed by atoms with van der Waals surface area (Å²) in [7, 11) is 1.45. The Balaban J connectivity index is 1.83. The van der Waals surface area contributed by atoms with Crippen LogP contribution in [0.5, 0.6) is 0 Å². The molecule has 30 heavy (non-hydrogen) atoms. The third-order valence-electron chi connectivity index (χ3n) is 4.74. The van der Waals surface area contributed by atoms with Gasteiger partial charge in [0.15, 0.2) is 0 Å². The van der Waals surface area contributed by atoms with Gasteiger partial charge in [0.1, 0.15) is 6.54 Å². The number of carbonyl (C=O) groups excluding carboxylic acids is 3. The third kappa shape index (κ3) is 4.33. The maximum atomic E-state index is 13.1. The number of halogens is 1. The number of fused-ring (bicyclic) bond motifs is 1. The molecule has 0 fully saturated rings. The second-order valence-corrected chi connectivity index (χ2v) is 7.82. The minimum Gasteiger partial charge on any atom is -0.332 e. The Bertz CT molecular complexity index is 1040. The van der Waals surface area contributed by atoms with Gasteiger partial charge in [-0.2, -0.15) is 0 Å². The molecule has 0 spiro atoms. The number of hydrogen-bond acceptors (Lipinski definition) is 5. The number of para-hydroxylation sites is 2. The lowest BCUT2D eigenvalue weighted by Crippen LogP contribution is -2.45. The molecule has 3 amide bonds. The van der Waals surface area contributed by atoms with Crippen LogP contribution in [0.3, 0.4) is 0 Å². The molecule has 1 atom stereocenters. The molecule has 3 rings (SSSR count). The molecule has 0 aromatic heterocycles. The van der Waals surface area contributed by atoms with Crippen molar-refractivity contribution in [2.24, 2.45) is 0 Å². The van der Waals surface area contributed by atoms with E-state index in [1.54, 1.807) is 31.2 Å². The monoisotopic (exact) mass is 474 g/mol. The van der Waals surface area contributed by atoms with E-state index >= 15 is 0 Å². The molecule has 1 aliphatic rings. The molecular formula is C20H19BrN4O5. The molecule has 0 saturated carbocycles. The summed E-state index contributed by atoms with van der Waals surface area (Å²) in [5.41, 5.74) is 0.945. The Labute approximate surface area is 180 Å². The number of likely N-dealkylation sites (N-methyl/N-ethyl adjacent to an activating group) is 1. The molecule has 9 nitrogen and oxygen atoms in total. The molecule has 0 aliphatic carbocycles. The van der Waals surface area contributed by atoms with E-state index in [1.165, 1.54) is 35.0 Å². The summed E-state index contributed by atoms with van der Waals surface area (Å²) >= 11 is 3.08. The summed E-state index contributed by atoms with van der Waals surface area (Å²) in [6.45, 7) is 1.51. The minimum absolute atomic E-state index is 0.0985. The maximum Gasteiger partial charge on any atom is 0.284 e. The van der Waals surface area contributed by atoms with Gasteiger partial charge in [0.25, 0.3) is 11.6 Å². The Morgan fingerprint density at radius 1 is 1.30 bits per heavy atom. The smallest absolute Gasteiger partial charge is 0.284 e. The number of amides is 3. The molecule has 0 unspecified atom stereocenters. The van der Waals surface area contributed by atoms with Gasteiger partial charge in [-0.1, -0.05) is 12.1 Å². The molecule has 2 aromatic rings. The van der Waals surface area contributed by atoms with Crippen molar-refractivity contribution in [3.63, 3.8) is 0 Å². The summed E-state index contributed by atoms with van der Waals surface area (Å²) in [4.78, 5) is 51.1. The predicted molar refractivity (Wildman–Crippen MR) is 114 cm³/mol. The van der Waals surface area contributed by atoms with Crippen molar-refractivity contribution in [2.75, 3.05) is 23.8 Å². The van der Waals surface area contributed by atoms with Crippen LogP contribution in [-0.4, -0.2) is 47.2 Å². The van der Waals surface area contributed by atoms with Crippen molar-refractivity contribution in [2.45, 2.75) is 19.4 Å². The van der Waals surface area contributed by atoms with E-state index in [9.17, 15) is 24.5 Å². The highest BCUT2D eigenvalue weighted by molar-refractivity contribution is 9.10. The molecule has 156 valence electrons. The number of nitro benzene ring substituents is 1. The fourth-order valence-corrected chi connectivity index (χ4v) is 3.72. The summed E-state index contributed by atoms with van der Waals surface area (Å²) in [6.07, 6.45) is 0.122. The van der Waals surface area contributed by atoms with Gasteiger partial charge < -0.3 is 15.1 Å². The van der Waals surface area contributed by atoms with Gasteiger partial charge in [0.05, 0.1) is 20.8 Å². The number of benzene rings is 2. The lowest BCUT2D eigenvalue weighted by atomic mass is 10.1. The van der Waals surface area contributed by atoms with Crippen LogP contribution in [0.25, 0.3) is 0 Å². The van der Waals surface area contributed by atoms with Crippen LogP contribution in [0.2, 0.25) is 0 Å². The fourth-order valence-electron chi connectivity index (χ4n) is 3.32. The van der Waals surface area contributed by atoms with Crippen LogP contribution in [-0.2, 0) is 9.59 Å². The summed E-state index contributed by atoms with van der Waals surface area (Å²) < 4.78 is 0.259. The fraction of sp³-hybridized carbons (Fsp3) is 0.250. The van der Waals surface area contributed by atoms with Crippen LogP contribution >= 0.6 is 15.9 Å². The quantitative estimate of drug-likeness (QED) is 0.539. The third-order valence-corrected chi connectivity index (χ3v) is 5.41. The Kier molecular flexibility index (Phi) is 6.16. The molecule has 10 heteroatoms. The molecule has 1 aliphatic heterocycles. The average Bonchev–Trinajstić information content (AvgIpc) is 2.81. The number of anilines is 2. The van der Waals surface area contributed by atoms with Gasteiger partial charge >= 0.3 is 0 Å². The highest BCUT2D eigenvalue weighted by Gasteiger charge is 2.31. The number of rotatable bonds is 4. The Morgan fingerprint density at radius 2 is 2.00 bits per heavy atom. The second-order valence-electron chi connectivity index (χ2n) is 6.97. The maximum absolute atomic E-state index is 13.1. The average molecular weight is 475 g/mol. The van der Waals surface area contributed by atoms with E-state index in [4.69, 9.17) is 0 Å². The number of nitrogens with zero attached hydrogens (tertiary/aromatic N) is 3. The molecule has 1 heterocycles. The van der Waals surface area contributed by atoms with Crippen molar-refractivity contribution < 1.29 is 19.3 Å². The predicted octanol–water partition coefficient (Wildman–Crippen LogP) is 3.19. The van der Waals surface area contributed by atoms with Crippen molar-refractivity contribution >= 4 is 50.7 Å². The zero-order valence-electron chi connectivity index (χ0n) is 16.3. The standard InChI is InChI=1S/C20H19BrN4O5/c1-12-9-18(26)22-15-5-3-4-6-16(15)24(12)19(27)11-23(2)20(28)13-7-8-14(21)17(10-13)25(29)30/h3-8,10,12H,9,11H2,1-2H3,(H,22,26)/t12-/m1/s1. The van der Waals surface area contributed by atoms with Crippen molar-refractivity contribution in [1.82, 2.24) is 4.90 Å². The highest BCUT2D eigenvalue weighted by Crippen LogP contribution is 2.31. The van der Waals surface area contributed by atoms with E-state index in [1.807, 2.05) is 0 Å². The van der Waals surface area contributed by atoms with Gasteiger partial charge in [-0.25, -0.2) is 0 Å². The van der Waals surface area contributed by atoms with Gasteiger partial charge in [-0.05, 0) is 47.1 Å². The number of nitro groups is 1. The molecule has 0 saturated heterocycles. The number of carbonyl (C=O) groups is 3. The Morgan fingerprint density at radius 3 is 2.70 bits per heavy atom. The SMILES string of the molecule is C[C@@H]1CC(=O)Nc2ccccc2N1C(=O)CN(C)C(=O)c1ccc(Br)c([N+](=O)[O-])c1. The lowest BCUT2D eigenvalue weighted by molar-refractivity contribution is -0.385. The molecule has 0 bridgehead atoms. The zero-order chi connectivity index (χ0) is 22.0. The largest absolute Gasteiger partial charge is 0.332 e. The van der Waals surface area contributed by atoms with Gasteiger partial charge in [-0.3, -0.25) is 24.5 Å². The first-order chi connectivity index (χ1) is 14.2. The normalized spacial score (nSPS) is 15.6. The van der Waals surface area contributed by atoms with Crippen LogP contribution in [0.15, 0.2) is 46.9 Å². The van der Waals surface area contributed by atoms with Crippen LogP contribution in [0, 0.1) is 10.1 Å². The van der Waals surface area contributed by atoms with Crippen molar-refractivity contribution in [3.05, 3.63) is 62.6 Å². The van der Waals surface area contributed by atoms with Crippen molar-refractivity contribution in [3.8, 4) is 0 Å². The van der Waals surface area contributed by atoms with Gasteiger partial charge in [-0.15, -0.1) is 0 Å². The van der Waals surface area contributed by atoms with Crippen LogP contribution in [0.4, 0.5) is 17.1 Å². The summed E-state index contributed by atoms with van der Waals surface area (Å²) in [5.74, 6) is -1.09. The Hall–Kier alpha value is -3.27. The van der Waals surface area contributed by atoms with Crippen molar-refractivity contribution in [1.29, 1.82) is 0 Å². The molecule has 2 aromatic carbocycles. The molecule has 0 radical (unpaired) electrons. The minimum atomic E-state index is -0.591. The highest BCUT2D eigenvalue weighted by atomic mass is 79.9. The zero-order valence-corrected chi connectivity index (χ0v) is 17.9. The second kappa shape index (κ2) is 8.62. The number of hydrogen-bond donors (Lipinski definition) is 1. The van der Waals surface area contributed by atoms with E-state index in [2.05, 4.69) is 21.2 Å². The first-order valence-corrected chi connectivity index (χ1v) is 9.88. The van der Waals surface area contributed by atoms with E-state index in [-0.39, 0.29) is 40.5 Å². The van der Waals surface area contributed by atoms with Crippen LogP contribution < -0.4 is 10.2 Å². The molecular weight excluding hydrogens is 456 g/mol. The summed E-state index contributed by atoms with van der Waals surface area (Å²) in [5, 5.41) is 13.9. The van der Waals surface area contributed by atoms with E-state index in [0.29, 0.717) is 11.4 Å². The van der Waals surface area contributed by atoms with Gasteiger partial charge in [0, 0.05) is 31.1 Å². The topological polar surface area (TPSA) is 113 Å². The van der Waals surface area contributed by atoms with Crippen LogP contribution in [0.1, 0.15) is 23.7 Å². The first-order valence-electron chi connectivity index (χ1n) is 9.09. The lowest BCUT2D eigenvalue weighted by Gasteiger charge is -2.29.